The van der Waals surface area contributed by atoms with Gasteiger partial charge in [-0.1, -0.05) is 23.9 Å². The number of hydrogen-bond donors (Lipinski definition) is 1. The number of ether oxygens (including phenoxy) is 1. The van der Waals surface area contributed by atoms with Crippen molar-refractivity contribution < 1.29 is 23.1 Å². The standard InChI is InChI=1S/C24H24F2N4O3S/c1-29(2)17-7-3-15(4-8-17)13-20-22(32)30(18-9-11-19(12-10-18)33-23(25)26)24(28-20)34-14-21(31)27-16-5-6-16/h3-4,7-13,16,23H,5-6,14H2,1-2H3,(H,27,31). The Morgan fingerprint density at radius 1 is 1.21 bits per heavy atom. The fourth-order valence-electron chi connectivity index (χ4n) is 3.25. The molecule has 2 aromatic rings. The molecule has 1 N–H and O–H groups in total. The lowest BCUT2D eigenvalue weighted by Gasteiger charge is -2.18. The lowest BCUT2D eigenvalue weighted by atomic mass is 10.1. The van der Waals surface area contributed by atoms with Gasteiger partial charge in [-0.25, -0.2) is 4.99 Å². The fourth-order valence-corrected chi connectivity index (χ4v) is 4.07. The van der Waals surface area contributed by atoms with E-state index in [1.54, 1.807) is 6.08 Å². The van der Waals surface area contributed by atoms with Gasteiger partial charge in [0.2, 0.25) is 5.91 Å². The number of rotatable bonds is 8. The van der Waals surface area contributed by atoms with Crippen molar-refractivity contribution >= 4 is 46.2 Å². The van der Waals surface area contributed by atoms with E-state index in [0.717, 1.165) is 35.9 Å². The van der Waals surface area contributed by atoms with Gasteiger partial charge in [-0.3, -0.25) is 14.5 Å². The summed E-state index contributed by atoms with van der Waals surface area (Å²) in [5.74, 6) is -0.405. The van der Waals surface area contributed by atoms with E-state index in [1.807, 2.05) is 43.3 Å². The molecule has 0 saturated heterocycles. The number of carbonyl (C=O) groups is 2. The van der Waals surface area contributed by atoms with Crippen LogP contribution in [0, 0.1) is 0 Å². The Bertz CT molecular complexity index is 1110. The molecule has 0 radical (unpaired) electrons. The first-order valence-electron chi connectivity index (χ1n) is 10.7. The van der Waals surface area contributed by atoms with Crippen LogP contribution in [-0.2, 0) is 9.59 Å². The molecular weight excluding hydrogens is 462 g/mol. The summed E-state index contributed by atoms with van der Waals surface area (Å²) in [7, 11) is 3.88. The minimum absolute atomic E-state index is 0.0166. The molecule has 2 aromatic carbocycles. The molecule has 1 saturated carbocycles. The molecule has 2 amide bonds. The van der Waals surface area contributed by atoms with Gasteiger partial charge in [-0.05, 0) is 60.9 Å². The van der Waals surface area contributed by atoms with Gasteiger partial charge in [-0.2, -0.15) is 8.78 Å². The molecule has 1 aliphatic carbocycles. The van der Waals surface area contributed by atoms with E-state index in [0.29, 0.717) is 10.9 Å². The number of benzene rings is 2. The second-order valence-corrected chi connectivity index (χ2v) is 9.00. The molecule has 1 heterocycles. The average molecular weight is 487 g/mol. The number of nitrogens with one attached hydrogen (secondary N) is 1. The van der Waals surface area contributed by atoms with E-state index in [1.165, 1.54) is 29.2 Å². The minimum Gasteiger partial charge on any atom is -0.435 e. The van der Waals surface area contributed by atoms with Gasteiger partial charge < -0.3 is 15.0 Å². The van der Waals surface area contributed by atoms with Crippen molar-refractivity contribution in [1.82, 2.24) is 5.32 Å². The Kier molecular flexibility index (Phi) is 7.16. The quantitative estimate of drug-likeness (QED) is 0.569. The second-order valence-electron chi connectivity index (χ2n) is 8.05. The maximum atomic E-state index is 13.3. The van der Waals surface area contributed by atoms with E-state index in [-0.39, 0.29) is 35.1 Å². The van der Waals surface area contributed by atoms with Crippen molar-refractivity contribution in [3.63, 3.8) is 0 Å². The monoisotopic (exact) mass is 486 g/mol. The van der Waals surface area contributed by atoms with Crippen LogP contribution >= 0.6 is 11.8 Å². The smallest absolute Gasteiger partial charge is 0.387 e. The van der Waals surface area contributed by atoms with Gasteiger partial charge in [0.15, 0.2) is 5.17 Å². The highest BCUT2D eigenvalue weighted by Gasteiger charge is 2.33. The van der Waals surface area contributed by atoms with E-state index in [2.05, 4.69) is 15.0 Å². The first kappa shape index (κ1) is 23.7. The minimum atomic E-state index is -2.94. The molecule has 2 aliphatic rings. The molecular formula is C24H24F2N4O3S. The lowest BCUT2D eigenvalue weighted by molar-refractivity contribution is -0.118. The van der Waals surface area contributed by atoms with Crippen LogP contribution < -0.4 is 19.9 Å². The number of halogens is 2. The van der Waals surface area contributed by atoms with Crippen LogP contribution in [0.15, 0.2) is 59.2 Å². The molecule has 178 valence electrons. The molecule has 34 heavy (non-hydrogen) atoms. The van der Waals surface area contributed by atoms with Crippen molar-refractivity contribution in [2.24, 2.45) is 4.99 Å². The maximum absolute atomic E-state index is 13.3. The molecule has 10 heteroatoms. The molecule has 0 unspecified atom stereocenters. The Hall–Kier alpha value is -3.40. The second kappa shape index (κ2) is 10.3. The summed E-state index contributed by atoms with van der Waals surface area (Å²) in [5, 5.41) is 3.25. The van der Waals surface area contributed by atoms with Crippen molar-refractivity contribution in [3.05, 3.63) is 59.8 Å². The van der Waals surface area contributed by atoms with Crippen LogP contribution in [-0.4, -0.2) is 49.5 Å². The summed E-state index contributed by atoms with van der Waals surface area (Å²) < 4.78 is 29.4. The Labute approximate surface area is 200 Å². The number of amides is 2. The SMILES string of the molecule is CN(C)c1ccc(C=C2N=C(SCC(=O)NC3CC3)N(c3ccc(OC(F)F)cc3)C2=O)cc1. The lowest BCUT2D eigenvalue weighted by Crippen LogP contribution is -2.32. The van der Waals surface area contributed by atoms with Gasteiger partial charge in [0.05, 0.1) is 11.4 Å². The predicted octanol–water partition coefficient (Wildman–Crippen LogP) is 4.11. The van der Waals surface area contributed by atoms with Gasteiger partial charge in [0, 0.05) is 25.8 Å². The number of thioether (sulfide) groups is 1. The van der Waals surface area contributed by atoms with Crippen molar-refractivity contribution in [1.29, 1.82) is 0 Å². The van der Waals surface area contributed by atoms with Gasteiger partial charge >= 0.3 is 6.61 Å². The first-order valence-corrected chi connectivity index (χ1v) is 11.7. The van der Waals surface area contributed by atoms with Crippen LogP contribution in [0.4, 0.5) is 20.2 Å². The largest absolute Gasteiger partial charge is 0.435 e. The summed E-state index contributed by atoms with van der Waals surface area (Å²) >= 11 is 1.15. The van der Waals surface area contributed by atoms with Crippen LogP contribution in [0.2, 0.25) is 0 Å². The Morgan fingerprint density at radius 2 is 1.88 bits per heavy atom. The number of alkyl halides is 2. The fraction of sp³-hybridized carbons (Fsp3) is 0.292. The van der Waals surface area contributed by atoms with Crippen molar-refractivity contribution in [2.45, 2.75) is 25.5 Å². The third-order valence-electron chi connectivity index (χ3n) is 5.14. The van der Waals surface area contributed by atoms with Gasteiger partial charge in [-0.15, -0.1) is 0 Å². The molecule has 0 spiro atoms. The number of aliphatic imine (C=N–C) groups is 1. The van der Waals surface area contributed by atoms with Gasteiger partial charge in [0.1, 0.15) is 11.4 Å². The third-order valence-corrected chi connectivity index (χ3v) is 6.08. The Balaban J connectivity index is 1.58. The predicted molar refractivity (Wildman–Crippen MR) is 130 cm³/mol. The van der Waals surface area contributed by atoms with Crippen LogP contribution in [0.25, 0.3) is 6.08 Å². The summed E-state index contributed by atoms with van der Waals surface area (Å²) in [6, 6.07) is 13.6. The van der Waals surface area contributed by atoms with Crippen molar-refractivity contribution in [2.75, 3.05) is 29.6 Å². The van der Waals surface area contributed by atoms with E-state index < -0.39 is 6.61 Å². The van der Waals surface area contributed by atoms with E-state index in [9.17, 15) is 18.4 Å². The zero-order valence-corrected chi connectivity index (χ0v) is 19.5. The number of amidine groups is 1. The molecule has 1 fully saturated rings. The number of nitrogens with zero attached hydrogens (tertiary/aromatic N) is 3. The summed E-state index contributed by atoms with van der Waals surface area (Å²) in [6.07, 6.45) is 3.64. The topological polar surface area (TPSA) is 74.2 Å². The number of hydrogen-bond acceptors (Lipinski definition) is 6. The highest BCUT2D eigenvalue weighted by Crippen LogP contribution is 2.31. The van der Waals surface area contributed by atoms with Gasteiger partial charge in [0.25, 0.3) is 5.91 Å². The number of carbonyl (C=O) groups excluding carboxylic acids is 2. The molecule has 4 rings (SSSR count). The summed E-state index contributed by atoms with van der Waals surface area (Å²) in [5.41, 5.74) is 2.48. The van der Waals surface area contributed by atoms with E-state index in [4.69, 9.17) is 0 Å². The molecule has 0 aromatic heterocycles. The third kappa shape index (κ3) is 5.93. The number of anilines is 2. The normalized spacial score (nSPS) is 16.7. The zero-order valence-electron chi connectivity index (χ0n) is 18.7. The Morgan fingerprint density at radius 3 is 2.47 bits per heavy atom. The molecule has 1 aliphatic heterocycles. The highest BCUT2D eigenvalue weighted by atomic mass is 32.2. The average Bonchev–Trinajstić information content (AvgIpc) is 3.56. The molecule has 7 nitrogen and oxygen atoms in total. The summed E-state index contributed by atoms with van der Waals surface area (Å²) in [6.45, 7) is -2.94. The van der Waals surface area contributed by atoms with Crippen LogP contribution in [0.1, 0.15) is 18.4 Å². The van der Waals surface area contributed by atoms with Crippen LogP contribution in [0.5, 0.6) is 5.75 Å². The first-order chi connectivity index (χ1) is 16.3. The zero-order chi connectivity index (χ0) is 24.2. The molecule has 0 bridgehead atoms. The van der Waals surface area contributed by atoms with E-state index >= 15 is 0 Å². The van der Waals surface area contributed by atoms with Crippen molar-refractivity contribution in [3.8, 4) is 5.75 Å². The maximum Gasteiger partial charge on any atom is 0.387 e. The molecule has 0 atom stereocenters. The summed E-state index contributed by atoms with van der Waals surface area (Å²) in [4.78, 5) is 33.3. The van der Waals surface area contributed by atoms with Crippen LogP contribution in [0.3, 0.4) is 0 Å². The highest BCUT2D eigenvalue weighted by molar-refractivity contribution is 8.14.